The third-order valence-electron chi connectivity index (χ3n) is 5.18. The van der Waals surface area contributed by atoms with Crippen LogP contribution in [0.3, 0.4) is 0 Å². The van der Waals surface area contributed by atoms with E-state index in [0.29, 0.717) is 31.6 Å². The molecule has 0 heterocycles. The van der Waals surface area contributed by atoms with Crippen LogP contribution in [0.15, 0.2) is 12.2 Å². The molecule has 0 bridgehead atoms. The number of hydrogen-bond donors (Lipinski definition) is 0. The molecule has 0 aromatic carbocycles. The molecule has 2 aliphatic rings. The molecule has 0 saturated heterocycles. The summed E-state index contributed by atoms with van der Waals surface area (Å²) in [6.45, 7) is 2.26. The summed E-state index contributed by atoms with van der Waals surface area (Å²) in [6.07, 6.45) is 7.72. The highest BCUT2D eigenvalue weighted by Gasteiger charge is 2.35. The fourth-order valence-electron chi connectivity index (χ4n) is 3.65. The molecule has 2 aliphatic carbocycles. The maximum Gasteiger partial charge on any atom is 0.522 e. The first-order chi connectivity index (χ1) is 11.0. The minimum absolute atomic E-state index is 0.212. The van der Waals surface area contributed by atoms with Gasteiger partial charge in [-0.25, -0.2) is 0 Å². The van der Waals surface area contributed by atoms with Crippen molar-refractivity contribution in [3.05, 3.63) is 12.2 Å². The number of halogens is 3. The van der Waals surface area contributed by atoms with E-state index in [1.807, 2.05) is 6.08 Å². The van der Waals surface area contributed by atoms with Crippen molar-refractivity contribution in [3.63, 3.8) is 0 Å². The maximum absolute atomic E-state index is 12.2. The SMILES string of the molecule is CCC1CCC(C=CC#CC2CCC(OC(F)(F)F)CC2)CC1. The molecule has 0 N–H and O–H groups in total. The minimum atomic E-state index is -4.51. The smallest absolute Gasteiger partial charge is 0.289 e. The molecule has 2 fully saturated rings. The molecule has 23 heavy (non-hydrogen) atoms. The van der Waals surface area contributed by atoms with Crippen molar-refractivity contribution in [2.75, 3.05) is 0 Å². The first-order valence-corrected chi connectivity index (χ1v) is 8.88. The lowest BCUT2D eigenvalue weighted by molar-refractivity contribution is -0.345. The van der Waals surface area contributed by atoms with Crippen LogP contribution >= 0.6 is 0 Å². The molecule has 0 atom stereocenters. The van der Waals surface area contributed by atoms with E-state index in [1.54, 1.807) is 0 Å². The van der Waals surface area contributed by atoms with Gasteiger partial charge in [-0.3, -0.25) is 4.74 Å². The predicted molar refractivity (Wildman–Crippen MR) is 85.5 cm³/mol. The third-order valence-corrected chi connectivity index (χ3v) is 5.18. The summed E-state index contributed by atoms with van der Waals surface area (Å²) in [7, 11) is 0. The van der Waals surface area contributed by atoms with Crippen molar-refractivity contribution in [1.29, 1.82) is 0 Å². The fourth-order valence-corrected chi connectivity index (χ4v) is 3.65. The Hall–Kier alpha value is -0.950. The molecule has 2 saturated carbocycles. The van der Waals surface area contributed by atoms with Crippen molar-refractivity contribution in [3.8, 4) is 11.8 Å². The van der Waals surface area contributed by atoms with Crippen LogP contribution in [0.1, 0.15) is 64.7 Å². The Morgan fingerprint density at radius 1 is 1.00 bits per heavy atom. The molecule has 0 spiro atoms. The van der Waals surface area contributed by atoms with Crippen LogP contribution in [0.4, 0.5) is 13.2 Å². The minimum Gasteiger partial charge on any atom is -0.289 e. The molecule has 0 aromatic heterocycles. The highest BCUT2D eigenvalue weighted by atomic mass is 19.4. The third kappa shape index (κ3) is 6.99. The Bertz CT molecular complexity index is 428. The molecule has 0 unspecified atom stereocenters. The highest BCUT2D eigenvalue weighted by molar-refractivity contribution is 5.18. The van der Waals surface area contributed by atoms with Crippen LogP contribution in [-0.2, 0) is 4.74 Å². The number of ether oxygens (including phenoxy) is 1. The molecular formula is C19H27F3O. The van der Waals surface area contributed by atoms with E-state index in [9.17, 15) is 13.2 Å². The Kier molecular flexibility index (Phi) is 7.02. The van der Waals surface area contributed by atoms with Crippen molar-refractivity contribution < 1.29 is 17.9 Å². The largest absolute Gasteiger partial charge is 0.522 e. The predicted octanol–water partition coefficient (Wildman–Crippen LogP) is 5.86. The van der Waals surface area contributed by atoms with Gasteiger partial charge >= 0.3 is 6.36 Å². The summed E-state index contributed by atoms with van der Waals surface area (Å²) in [5, 5.41) is 0. The molecule has 0 aromatic rings. The summed E-state index contributed by atoms with van der Waals surface area (Å²) in [5.41, 5.74) is 0. The lowest BCUT2D eigenvalue weighted by Crippen LogP contribution is -2.27. The summed E-state index contributed by atoms with van der Waals surface area (Å²) in [6, 6.07) is 0. The van der Waals surface area contributed by atoms with Crippen LogP contribution in [0, 0.1) is 29.6 Å². The highest BCUT2D eigenvalue weighted by Crippen LogP contribution is 2.32. The summed E-state index contributed by atoms with van der Waals surface area (Å²) in [5.74, 6) is 8.06. The normalized spacial score (nSPS) is 32.5. The van der Waals surface area contributed by atoms with Crippen molar-refractivity contribution >= 4 is 0 Å². The number of rotatable bonds is 3. The van der Waals surface area contributed by atoms with E-state index >= 15 is 0 Å². The Morgan fingerprint density at radius 3 is 2.22 bits per heavy atom. The number of alkyl halides is 3. The molecule has 0 aliphatic heterocycles. The molecular weight excluding hydrogens is 301 g/mol. The first kappa shape index (κ1) is 18.4. The Morgan fingerprint density at radius 2 is 1.65 bits per heavy atom. The topological polar surface area (TPSA) is 9.23 Å². The van der Waals surface area contributed by atoms with E-state index in [-0.39, 0.29) is 5.92 Å². The van der Waals surface area contributed by atoms with E-state index in [0.717, 1.165) is 5.92 Å². The lowest BCUT2D eigenvalue weighted by atomic mass is 9.81. The zero-order valence-electron chi connectivity index (χ0n) is 13.9. The Balaban J connectivity index is 1.67. The van der Waals surface area contributed by atoms with Gasteiger partial charge in [-0.15, -0.1) is 13.2 Å². The molecule has 0 radical (unpaired) electrons. The number of hydrogen-bond acceptors (Lipinski definition) is 1. The number of allylic oxidation sites excluding steroid dienone is 2. The standard InChI is InChI=1S/C19H27F3O/c1-2-15-7-9-16(10-8-15)5-3-4-6-17-11-13-18(14-12-17)23-19(20,21)22/h3,5,15-18H,2,7-14H2,1H3. The average Bonchev–Trinajstić information content (AvgIpc) is 2.52. The fraction of sp³-hybridized carbons (Fsp3) is 0.789. The van der Waals surface area contributed by atoms with E-state index < -0.39 is 12.5 Å². The monoisotopic (exact) mass is 328 g/mol. The van der Waals surface area contributed by atoms with Gasteiger partial charge in [-0.1, -0.05) is 31.3 Å². The quantitative estimate of drug-likeness (QED) is 0.590. The van der Waals surface area contributed by atoms with Crippen molar-refractivity contribution in [1.82, 2.24) is 0 Å². The Labute approximate surface area is 137 Å². The van der Waals surface area contributed by atoms with Gasteiger partial charge in [-0.2, -0.15) is 0 Å². The van der Waals surface area contributed by atoms with Crippen LogP contribution in [0.25, 0.3) is 0 Å². The second-order valence-corrected chi connectivity index (χ2v) is 6.87. The van der Waals surface area contributed by atoms with Gasteiger partial charge < -0.3 is 0 Å². The van der Waals surface area contributed by atoms with Crippen LogP contribution in [-0.4, -0.2) is 12.5 Å². The molecule has 1 nitrogen and oxygen atoms in total. The lowest BCUT2D eigenvalue weighted by Gasteiger charge is -2.26. The second kappa shape index (κ2) is 8.78. The molecule has 0 amide bonds. The van der Waals surface area contributed by atoms with Gasteiger partial charge in [0, 0.05) is 5.92 Å². The van der Waals surface area contributed by atoms with Crippen LogP contribution in [0.5, 0.6) is 0 Å². The zero-order chi connectivity index (χ0) is 16.7. The molecule has 2 rings (SSSR count). The average molecular weight is 328 g/mol. The van der Waals surface area contributed by atoms with Crippen molar-refractivity contribution in [2.24, 2.45) is 17.8 Å². The second-order valence-electron chi connectivity index (χ2n) is 6.87. The first-order valence-electron chi connectivity index (χ1n) is 8.88. The zero-order valence-corrected chi connectivity index (χ0v) is 13.9. The van der Waals surface area contributed by atoms with Gasteiger partial charge in [-0.05, 0) is 69.3 Å². The van der Waals surface area contributed by atoms with Crippen LogP contribution < -0.4 is 0 Å². The summed E-state index contributed by atoms with van der Waals surface area (Å²) in [4.78, 5) is 0. The van der Waals surface area contributed by atoms with Crippen LogP contribution in [0.2, 0.25) is 0 Å². The van der Waals surface area contributed by atoms with E-state index in [2.05, 4.69) is 29.6 Å². The van der Waals surface area contributed by atoms with Gasteiger partial charge in [0.25, 0.3) is 0 Å². The van der Waals surface area contributed by atoms with Gasteiger partial charge in [0.05, 0.1) is 6.10 Å². The molecule has 4 heteroatoms. The molecule has 130 valence electrons. The van der Waals surface area contributed by atoms with E-state index in [1.165, 1.54) is 32.1 Å². The summed E-state index contributed by atoms with van der Waals surface area (Å²) >= 11 is 0. The maximum atomic E-state index is 12.2. The van der Waals surface area contributed by atoms with Crippen molar-refractivity contribution in [2.45, 2.75) is 77.2 Å². The summed E-state index contributed by atoms with van der Waals surface area (Å²) < 4.78 is 40.5. The van der Waals surface area contributed by atoms with Gasteiger partial charge in [0.15, 0.2) is 0 Å². The van der Waals surface area contributed by atoms with Gasteiger partial charge in [0.1, 0.15) is 0 Å². The van der Waals surface area contributed by atoms with Gasteiger partial charge in [0.2, 0.25) is 0 Å². The van der Waals surface area contributed by atoms with E-state index in [4.69, 9.17) is 0 Å².